The van der Waals surface area contributed by atoms with Crippen LogP contribution in [0.3, 0.4) is 0 Å². The predicted octanol–water partition coefficient (Wildman–Crippen LogP) is 1.66. The van der Waals surface area contributed by atoms with Crippen LogP contribution in [0.25, 0.3) is 0 Å². The quantitative estimate of drug-likeness (QED) is 0.416. The maximum Gasteiger partial charge on any atom is 0.311 e. The predicted molar refractivity (Wildman–Crippen MR) is 111 cm³/mol. The molecule has 0 fully saturated rings. The smallest absolute Gasteiger partial charge is 0.311 e. The largest absolute Gasteiger partial charge is 0.462 e. The van der Waals surface area contributed by atoms with Crippen LogP contribution in [0.1, 0.15) is 41.5 Å². The number of carbonyl (C=O) groups is 2. The Labute approximate surface area is 183 Å². The standard InChI is InChI=1S/C21H32O9S/c1-20(2,3)18(24)28-12-15(22)17(23)16(13-29-19(25)21(4,5)6)30-31(26,27)14-10-8-7-9-11-14/h7-11,15-17,22-23H,12-13H2,1-6H3/t15-,16+,17+/m1/s1. The van der Waals surface area contributed by atoms with Crippen molar-refractivity contribution < 1.29 is 41.9 Å². The highest BCUT2D eigenvalue weighted by Gasteiger charge is 2.36. The lowest BCUT2D eigenvalue weighted by molar-refractivity contribution is -0.164. The fourth-order valence-electron chi connectivity index (χ4n) is 2.09. The number of rotatable bonds is 9. The minimum absolute atomic E-state index is 0.178. The first-order chi connectivity index (χ1) is 14.1. The van der Waals surface area contributed by atoms with E-state index < -0.39 is 64.4 Å². The molecule has 1 aromatic rings. The molecule has 3 atom stereocenters. The molecule has 0 aromatic heterocycles. The summed E-state index contributed by atoms with van der Waals surface area (Å²) in [6, 6.07) is 7.18. The first kappa shape index (κ1) is 27.0. The Morgan fingerprint density at radius 3 is 1.77 bits per heavy atom. The lowest BCUT2D eigenvalue weighted by Gasteiger charge is -2.28. The van der Waals surface area contributed by atoms with Crippen LogP contribution < -0.4 is 0 Å². The Hall–Kier alpha value is -2.01. The molecule has 0 amide bonds. The highest BCUT2D eigenvalue weighted by atomic mass is 32.2. The molecule has 0 saturated heterocycles. The molecular formula is C21H32O9S. The zero-order valence-electron chi connectivity index (χ0n) is 18.7. The number of hydrogen-bond acceptors (Lipinski definition) is 9. The second kappa shape index (κ2) is 10.5. The van der Waals surface area contributed by atoms with E-state index in [1.165, 1.54) is 24.3 Å². The third-order valence-electron chi connectivity index (χ3n) is 4.05. The number of carbonyl (C=O) groups excluding carboxylic acids is 2. The second-order valence-electron chi connectivity index (χ2n) is 9.16. The van der Waals surface area contributed by atoms with Crippen molar-refractivity contribution in [2.75, 3.05) is 13.2 Å². The van der Waals surface area contributed by atoms with Gasteiger partial charge in [0, 0.05) is 0 Å². The van der Waals surface area contributed by atoms with Crippen LogP contribution in [0.5, 0.6) is 0 Å². The molecule has 1 aromatic carbocycles. The van der Waals surface area contributed by atoms with Gasteiger partial charge in [0.25, 0.3) is 10.1 Å². The molecule has 0 heterocycles. The molecule has 9 nitrogen and oxygen atoms in total. The van der Waals surface area contributed by atoms with Gasteiger partial charge in [0.05, 0.1) is 15.7 Å². The van der Waals surface area contributed by atoms with Gasteiger partial charge in [0.15, 0.2) is 0 Å². The minimum atomic E-state index is -4.35. The average molecular weight is 461 g/mol. The van der Waals surface area contributed by atoms with E-state index in [9.17, 15) is 28.2 Å². The van der Waals surface area contributed by atoms with Crippen molar-refractivity contribution in [2.45, 2.75) is 64.7 Å². The van der Waals surface area contributed by atoms with Gasteiger partial charge in [-0.15, -0.1) is 0 Å². The number of aliphatic hydroxyl groups is 2. The van der Waals surface area contributed by atoms with Crippen molar-refractivity contribution in [1.29, 1.82) is 0 Å². The molecular weight excluding hydrogens is 428 g/mol. The van der Waals surface area contributed by atoms with Crippen LogP contribution in [0.4, 0.5) is 0 Å². The number of esters is 2. The van der Waals surface area contributed by atoms with E-state index in [2.05, 4.69) is 0 Å². The molecule has 0 aliphatic rings. The minimum Gasteiger partial charge on any atom is -0.462 e. The average Bonchev–Trinajstić information content (AvgIpc) is 2.67. The van der Waals surface area contributed by atoms with Crippen LogP contribution in [0, 0.1) is 10.8 Å². The van der Waals surface area contributed by atoms with E-state index >= 15 is 0 Å². The summed E-state index contributed by atoms with van der Waals surface area (Å²) >= 11 is 0. The van der Waals surface area contributed by atoms with Gasteiger partial charge >= 0.3 is 11.9 Å². The van der Waals surface area contributed by atoms with Crippen molar-refractivity contribution in [1.82, 2.24) is 0 Å². The van der Waals surface area contributed by atoms with E-state index in [-0.39, 0.29) is 4.90 Å². The monoisotopic (exact) mass is 460 g/mol. The first-order valence-corrected chi connectivity index (χ1v) is 11.2. The van der Waals surface area contributed by atoms with Gasteiger partial charge in [-0.05, 0) is 53.7 Å². The molecule has 0 aliphatic carbocycles. The molecule has 0 unspecified atom stereocenters. The number of benzene rings is 1. The van der Waals surface area contributed by atoms with E-state index in [1.54, 1.807) is 47.6 Å². The summed E-state index contributed by atoms with van der Waals surface area (Å²) in [5.41, 5.74) is -1.71. The molecule has 0 aliphatic heterocycles. The fourth-order valence-corrected chi connectivity index (χ4v) is 3.18. The normalized spacial score (nSPS) is 15.6. The van der Waals surface area contributed by atoms with Crippen molar-refractivity contribution in [3.63, 3.8) is 0 Å². The molecule has 0 saturated carbocycles. The molecule has 176 valence electrons. The molecule has 0 radical (unpaired) electrons. The van der Waals surface area contributed by atoms with Crippen LogP contribution >= 0.6 is 0 Å². The lowest BCUT2D eigenvalue weighted by Crippen LogP contribution is -2.46. The van der Waals surface area contributed by atoms with Gasteiger partial charge in [-0.3, -0.25) is 13.8 Å². The third-order valence-corrected chi connectivity index (χ3v) is 5.40. The SMILES string of the molecule is CC(C)(C)C(=O)OC[C@@H](O)[C@H](O)[C@H](COC(=O)C(C)(C)C)OS(=O)(=O)c1ccccc1. The van der Waals surface area contributed by atoms with Crippen LogP contribution in [-0.2, 0) is 33.4 Å². The topological polar surface area (TPSA) is 136 Å². The Bertz CT molecular complexity index is 836. The Balaban J connectivity index is 3.00. The van der Waals surface area contributed by atoms with Gasteiger partial charge in [-0.1, -0.05) is 18.2 Å². The van der Waals surface area contributed by atoms with E-state index in [4.69, 9.17) is 13.7 Å². The van der Waals surface area contributed by atoms with E-state index in [0.717, 1.165) is 0 Å². The van der Waals surface area contributed by atoms with Crippen molar-refractivity contribution in [3.05, 3.63) is 30.3 Å². The Kier molecular flexibility index (Phi) is 9.19. The van der Waals surface area contributed by atoms with Gasteiger partial charge < -0.3 is 19.7 Å². The third kappa shape index (κ3) is 8.56. The highest BCUT2D eigenvalue weighted by Crippen LogP contribution is 2.21. The molecule has 1 rings (SSSR count). The number of aliphatic hydroxyl groups excluding tert-OH is 2. The zero-order valence-corrected chi connectivity index (χ0v) is 19.5. The van der Waals surface area contributed by atoms with Crippen LogP contribution in [0.15, 0.2) is 35.2 Å². The first-order valence-electron chi connectivity index (χ1n) is 9.74. The van der Waals surface area contributed by atoms with E-state index in [0.29, 0.717) is 0 Å². The van der Waals surface area contributed by atoms with Gasteiger partial charge in [0.1, 0.15) is 31.5 Å². The molecule has 0 bridgehead atoms. The number of hydrogen-bond donors (Lipinski definition) is 2. The van der Waals surface area contributed by atoms with Crippen molar-refractivity contribution in [3.8, 4) is 0 Å². The molecule has 10 heteroatoms. The van der Waals surface area contributed by atoms with E-state index in [1.807, 2.05) is 0 Å². The summed E-state index contributed by atoms with van der Waals surface area (Å²) in [5, 5.41) is 20.7. The summed E-state index contributed by atoms with van der Waals surface area (Å²) in [5.74, 6) is -1.27. The molecule has 0 spiro atoms. The maximum absolute atomic E-state index is 12.6. The van der Waals surface area contributed by atoms with Gasteiger partial charge in [0.2, 0.25) is 0 Å². The van der Waals surface area contributed by atoms with Crippen LogP contribution in [0.2, 0.25) is 0 Å². The maximum atomic E-state index is 12.6. The molecule has 2 N–H and O–H groups in total. The number of ether oxygens (including phenoxy) is 2. The zero-order chi connectivity index (χ0) is 24.0. The Morgan fingerprint density at radius 1 is 0.871 bits per heavy atom. The summed E-state index contributed by atoms with van der Waals surface area (Å²) in [6.07, 6.45) is -5.16. The lowest BCUT2D eigenvalue weighted by atomic mass is 9.97. The summed E-state index contributed by atoms with van der Waals surface area (Å²) in [6.45, 7) is 8.39. The highest BCUT2D eigenvalue weighted by molar-refractivity contribution is 7.86. The van der Waals surface area contributed by atoms with Gasteiger partial charge in [-0.2, -0.15) is 8.42 Å². The second-order valence-corrected chi connectivity index (χ2v) is 10.7. The van der Waals surface area contributed by atoms with Crippen LogP contribution in [-0.4, -0.2) is 62.1 Å². The van der Waals surface area contributed by atoms with Crippen molar-refractivity contribution >= 4 is 22.1 Å². The van der Waals surface area contributed by atoms with Gasteiger partial charge in [-0.25, -0.2) is 0 Å². The Morgan fingerprint density at radius 2 is 1.32 bits per heavy atom. The summed E-state index contributed by atoms with van der Waals surface area (Å²) in [7, 11) is -4.35. The van der Waals surface area contributed by atoms with Crippen molar-refractivity contribution in [2.24, 2.45) is 10.8 Å². The summed E-state index contributed by atoms with van der Waals surface area (Å²) in [4.78, 5) is 23.8. The summed E-state index contributed by atoms with van der Waals surface area (Å²) < 4.78 is 40.3. The fraction of sp³-hybridized carbons (Fsp3) is 0.619. The molecule has 31 heavy (non-hydrogen) atoms.